The summed E-state index contributed by atoms with van der Waals surface area (Å²) in [6.07, 6.45) is 0.845. The molecule has 0 aliphatic rings. The van der Waals surface area contributed by atoms with E-state index in [2.05, 4.69) is 19.2 Å². The quantitative estimate of drug-likeness (QED) is 0.866. The Morgan fingerprint density at radius 1 is 1.35 bits per heavy atom. The Bertz CT molecular complexity index is 581. The summed E-state index contributed by atoms with van der Waals surface area (Å²) >= 11 is 0. The van der Waals surface area contributed by atoms with Crippen molar-refractivity contribution >= 4 is 11.0 Å². The van der Waals surface area contributed by atoms with Gasteiger partial charge in [0.1, 0.15) is 17.2 Å². The zero-order valence-corrected chi connectivity index (χ0v) is 12.5. The van der Waals surface area contributed by atoms with Crippen molar-refractivity contribution in [2.75, 3.05) is 13.7 Å². The number of halogens is 1. The molecule has 0 bridgehead atoms. The van der Waals surface area contributed by atoms with E-state index in [4.69, 9.17) is 9.15 Å². The highest BCUT2D eigenvalue weighted by Crippen LogP contribution is 2.35. The van der Waals surface area contributed by atoms with E-state index in [0.717, 1.165) is 17.6 Å². The van der Waals surface area contributed by atoms with Crippen LogP contribution in [0.1, 0.15) is 39.0 Å². The number of hydrogen-bond acceptors (Lipinski definition) is 3. The van der Waals surface area contributed by atoms with Gasteiger partial charge in [-0.25, -0.2) is 4.39 Å². The molecule has 0 saturated heterocycles. The lowest BCUT2D eigenvalue weighted by atomic mass is 9.91. The average molecular weight is 279 g/mol. The molecule has 2 atom stereocenters. The van der Waals surface area contributed by atoms with Gasteiger partial charge < -0.3 is 14.5 Å². The summed E-state index contributed by atoms with van der Waals surface area (Å²) in [5.74, 6) is 0.514. The van der Waals surface area contributed by atoms with Gasteiger partial charge in [0.05, 0.1) is 11.6 Å². The maximum Gasteiger partial charge on any atom is 0.134 e. The lowest BCUT2D eigenvalue weighted by Crippen LogP contribution is -2.42. The van der Waals surface area contributed by atoms with Gasteiger partial charge >= 0.3 is 0 Å². The highest BCUT2D eigenvalue weighted by Gasteiger charge is 2.35. The predicted octanol–water partition coefficient (Wildman–Crippen LogP) is 4.04. The summed E-state index contributed by atoms with van der Waals surface area (Å²) < 4.78 is 25.0. The molecule has 1 aromatic carbocycles. The molecule has 0 fully saturated rings. The van der Waals surface area contributed by atoms with Crippen molar-refractivity contribution < 1.29 is 13.5 Å². The minimum atomic E-state index is -0.365. The highest BCUT2D eigenvalue weighted by molar-refractivity contribution is 5.78. The van der Waals surface area contributed by atoms with Gasteiger partial charge in [-0.1, -0.05) is 6.92 Å². The third-order valence-corrected chi connectivity index (χ3v) is 3.86. The normalized spacial score (nSPS) is 16.2. The fourth-order valence-electron chi connectivity index (χ4n) is 2.64. The molecule has 2 rings (SSSR count). The van der Waals surface area contributed by atoms with Crippen molar-refractivity contribution in [3.63, 3.8) is 0 Å². The molecule has 2 aromatic rings. The first-order valence-electron chi connectivity index (χ1n) is 7.04. The molecule has 0 spiro atoms. The number of likely N-dealkylation sites (N-methyl/N-ethyl adjacent to an activating group) is 1. The van der Waals surface area contributed by atoms with Gasteiger partial charge in [0.15, 0.2) is 0 Å². The van der Waals surface area contributed by atoms with Crippen LogP contribution in [0.4, 0.5) is 4.39 Å². The maximum absolute atomic E-state index is 13.3. The molecule has 20 heavy (non-hydrogen) atoms. The molecule has 2 unspecified atom stereocenters. The fraction of sp³-hybridized carbons (Fsp3) is 0.500. The lowest BCUT2D eigenvalue weighted by Gasteiger charge is -2.35. The predicted molar refractivity (Wildman–Crippen MR) is 78.3 cm³/mol. The Labute approximate surface area is 119 Å². The van der Waals surface area contributed by atoms with E-state index < -0.39 is 0 Å². The number of nitrogens with one attached hydrogen (secondary N) is 1. The summed E-state index contributed by atoms with van der Waals surface area (Å²) in [5, 5.41) is 4.03. The monoisotopic (exact) mass is 279 g/mol. The second-order valence-corrected chi connectivity index (χ2v) is 5.15. The molecule has 4 heteroatoms. The molecule has 110 valence electrons. The van der Waals surface area contributed by atoms with Gasteiger partial charge in [-0.15, -0.1) is 0 Å². The van der Waals surface area contributed by atoms with Crippen molar-refractivity contribution in [3.05, 3.63) is 35.8 Å². The average Bonchev–Trinajstić information content (AvgIpc) is 2.82. The minimum absolute atomic E-state index is 0.0806. The lowest BCUT2D eigenvalue weighted by molar-refractivity contribution is -0.0588. The third-order valence-electron chi connectivity index (χ3n) is 3.86. The molecule has 3 nitrogen and oxygen atoms in total. The van der Waals surface area contributed by atoms with Crippen LogP contribution in [-0.2, 0) is 4.74 Å². The van der Waals surface area contributed by atoms with E-state index >= 15 is 0 Å². The van der Waals surface area contributed by atoms with Gasteiger partial charge in [-0.05, 0) is 51.6 Å². The van der Waals surface area contributed by atoms with E-state index in [1.54, 1.807) is 6.07 Å². The van der Waals surface area contributed by atoms with Crippen molar-refractivity contribution in [1.82, 2.24) is 5.32 Å². The first kappa shape index (κ1) is 15.0. The number of furan rings is 1. The second kappa shape index (κ2) is 5.94. The van der Waals surface area contributed by atoms with Gasteiger partial charge in [-0.3, -0.25) is 0 Å². The topological polar surface area (TPSA) is 34.4 Å². The molecule has 0 aliphatic carbocycles. The van der Waals surface area contributed by atoms with Crippen molar-refractivity contribution in [2.45, 2.75) is 38.8 Å². The van der Waals surface area contributed by atoms with Crippen LogP contribution in [-0.4, -0.2) is 19.3 Å². The Morgan fingerprint density at radius 3 is 2.70 bits per heavy atom. The highest BCUT2D eigenvalue weighted by atomic mass is 19.1. The Kier molecular flexibility index (Phi) is 4.45. The van der Waals surface area contributed by atoms with Crippen molar-refractivity contribution in [2.24, 2.45) is 0 Å². The Balaban J connectivity index is 2.43. The Hall–Kier alpha value is -1.39. The van der Waals surface area contributed by atoms with Crippen LogP contribution in [0.15, 0.2) is 28.7 Å². The van der Waals surface area contributed by atoms with E-state index in [9.17, 15) is 4.39 Å². The van der Waals surface area contributed by atoms with Gasteiger partial charge in [0, 0.05) is 12.0 Å². The summed E-state index contributed by atoms with van der Waals surface area (Å²) in [6.45, 7) is 6.76. The van der Waals surface area contributed by atoms with Crippen LogP contribution in [0.25, 0.3) is 11.0 Å². The molecule has 1 aromatic heterocycles. The van der Waals surface area contributed by atoms with Crippen LogP contribution in [0.5, 0.6) is 0 Å². The zero-order chi connectivity index (χ0) is 14.8. The Morgan fingerprint density at radius 2 is 2.10 bits per heavy atom. The first-order valence-corrected chi connectivity index (χ1v) is 7.04. The van der Waals surface area contributed by atoms with E-state index in [0.29, 0.717) is 12.2 Å². The van der Waals surface area contributed by atoms with Gasteiger partial charge in [0.2, 0.25) is 0 Å². The van der Waals surface area contributed by atoms with E-state index in [1.165, 1.54) is 12.1 Å². The van der Waals surface area contributed by atoms with Crippen molar-refractivity contribution in [1.29, 1.82) is 0 Å². The summed E-state index contributed by atoms with van der Waals surface area (Å²) in [5.41, 5.74) is 0.326. The number of benzene rings is 1. The second-order valence-electron chi connectivity index (χ2n) is 5.15. The third kappa shape index (κ3) is 2.72. The number of hydrogen-bond donors (Lipinski definition) is 1. The molecule has 0 amide bonds. The molecular formula is C16H22FNO2. The largest absolute Gasteiger partial charge is 0.459 e. The molecular weight excluding hydrogens is 257 g/mol. The molecule has 0 aliphatic heterocycles. The summed E-state index contributed by atoms with van der Waals surface area (Å²) in [7, 11) is 1.88. The van der Waals surface area contributed by atoms with E-state index in [1.807, 2.05) is 20.0 Å². The molecule has 0 saturated carbocycles. The zero-order valence-electron chi connectivity index (χ0n) is 12.5. The van der Waals surface area contributed by atoms with Crippen LogP contribution >= 0.6 is 0 Å². The fourth-order valence-corrected chi connectivity index (χ4v) is 2.64. The van der Waals surface area contributed by atoms with Crippen LogP contribution in [0, 0.1) is 5.82 Å². The van der Waals surface area contributed by atoms with Crippen LogP contribution in [0.2, 0.25) is 0 Å². The SMILES string of the molecule is CCOC(C)(CC)C(NC)c1cc2cc(F)ccc2o1. The van der Waals surface area contributed by atoms with Crippen LogP contribution < -0.4 is 5.32 Å². The minimum Gasteiger partial charge on any atom is -0.459 e. The molecule has 1 heterocycles. The standard InChI is InChI=1S/C16H22FNO2/c1-5-16(3,19-6-2)15(18-4)14-10-11-9-12(17)7-8-13(11)20-14/h7-10,15,18H,5-6H2,1-4H3. The number of ether oxygens (including phenoxy) is 1. The summed E-state index contributed by atoms with van der Waals surface area (Å²) in [6, 6.07) is 6.35. The van der Waals surface area contributed by atoms with Gasteiger partial charge in [0.25, 0.3) is 0 Å². The molecule has 0 radical (unpaired) electrons. The summed E-state index contributed by atoms with van der Waals surface area (Å²) in [4.78, 5) is 0. The first-order chi connectivity index (χ1) is 9.54. The van der Waals surface area contributed by atoms with Gasteiger partial charge in [-0.2, -0.15) is 0 Å². The number of fused-ring (bicyclic) bond motifs is 1. The smallest absolute Gasteiger partial charge is 0.134 e. The van der Waals surface area contributed by atoms with Crippen molar-refractivity contribution in [3.8, 4) is 0 Å². The van der Waals surface area contributed by atoms with E-state index in [-0.39, 0.29) is 17.5 Å². The van der Waals surface area contributed by atoms with Crippen LogP contribution in [0.3, 0.4) is 0 Å². The number of rotatable bonds is 6. The molecule has 1 N–H and O–H groups in total. The maximum atomic E-state index is 13.3.